The minimum Gasteiger partial charge on any atom is -0.445 e. The van der Waals surface area contributed by atoms with Crippen molar-refractivity contribution in [3.63, 3.8) is 0 Å². The molecule has 2 rings (SSSR count). The largest absolute Gasteiger partial charge is 0.445 e. The van der Waals surface area contributed by atoms with Crippen molar-refractivity contribution in [1.29, 1.82) is 0 Å². The zero-order valence-corrected chi connectivity index (χ0v) is 14.6. The van der Waals surface area contributed by atoms with E-state index in [1.165, 1.54) is 0 Å². The van der Waals surface area contributed by atoms with E-state index in [4.69, 9.17) is 10.5 Å². The molecule has 0 fully saturated rings. The first-order chi connectivity index (χ1) is 12.0. The Hall–Kier alpha value is -2.82. The standard InChI is InChI=1S/C20H24N2O3/c1-15(2)22(20(24)25-14-16-8-4-3-5-9-16)13-12-19(23)17-10-6-7-11-18(17)21/h3-11,15H,12-14,21H2,1-2H3. The van der Waals surface area contributed by atoms with Gasteiger partial charge < -0.3 is 15.4 Å². The van der Waals surface area contributed by atoms with Crippen molar-refractivity contribution in [1.82, 2.24) is 4.90 Å². The van der Waals surface area contributed by atoms with Crippen LogP contribution in [0.1, 0.15) is 36.2 Å². The Kier molecular flexibility index (Phi) is 6.57. The third kappa shape index (κ3) is 5.35. The summed E-state index contributed by atoms with van der Waals surface area (Å²) in [5.41, 5.74) is 7.70. The second kappa shape index (κ2) is 8.87. The number of benzene rings is 2. The Morgan fingerprint density at radius 1 is 1.04 bits per heavy atom. The number of nitrogens with two attached hydrogens (primary N) is 1. The highest BCUT2D eigenvalue weighted by molar-refractivity contribution is 6.00. The number of Topliss-reactive ketones (excluding diaryl/α,β-unsaturated/α-hetero) is 1. The van der Waals surface area contributed by atoms with Crippen LogP contribution >= 0.6 is 0 Å². The van der Waals surface area contributed by atoms with E-state index in [1.807, 2.05) is 44.2 Å². The fourth-order valence-corrected chi connectivity index (χ4v) is 2.47. The SMILES string of the molecule is CC(C)N(CCC(=O)c1ccccc1N)C(=O)OCc1ccccc1. The predicted octanol–water partition coefficient (Wildman–Crippen LogP) is 3.89. The number of para-hydroxylation sites is 1. The van der Waals surface area contributed by atoms with Crippen molar-refractivity contribution in [3.8, 4) is 0 Å². The summed E-state index contributed by atoms with van der Waals surface area (Å²) < 4.78 is 5.36. The highest BCUT2D eigenvalue weighted by atomic mass is 16.6. The van der Waals surface area contributed by atoms with Crippen LogP contribution in [0.2, 0.25) is 0 Å². The first-order valence-electron chi connectivity index (χ1n) is 8.34. The van der Waals surface area contributed by atoms with Gasteiger partial charge in [-0.2, -0.15) is 0 Å². The van der Waals surface area contributed by atoms with Gasteiger partial charge in [-0.25, -0.2) is 4.79 Å². The zero-order chi connectivity index (χ0) is 18.2. The van der Waals surface area contributed by atoms with Crippen LogP contribution in [0.4, 0.5) is 10.5 Å². The maximum atomic E-state index is 12.3. The minimum atomic E-state index is -0.423. The highest BCUT2D eigenvalue weighted by Gasteiger charge is 2.20. The second-order valence-corrected chi connectivity index (χ2v) is 6.09. The average molecular weight is 340 g/mol. The van der Waals surface area contributed by atoms with Crippen molar-refractivity contribution in [2.45, 2.75) is 32.9 Å². The number of hydrogen-bond donors (Lipinski definition) is 1. The van der Waals surface area contributed by atoms with Crippen LogP contribution in [0, 0.1) is 0 Å². The predicted molar refractivity (Wildman–Crippen MR) is 98.3 cm³/mol. The molecule has 0 aliphatic carbocycles. The van der Waals surface area contributed by atoms with Crippen molar-refractivity contribution < 1.29 is 14.3 Å². The van der Waals surface area contributed by atoms with Crippen molar-refractivity contribution in [2.75, 3.05) is 12.3 Å². The van der Waals surface area contributed by atoms with Gasteiger partial charge in [-0.15, -0.1) is 0 Å². The van der Waals surface area contributed by atoms with Crippen LogP contribution in [0.15, 0.2) is 54.6 Å². The topological polar surface area (TPSA) is 72.6 Å². The molecule has 0 heterocycles. The summed E-state index contributed by atoms with van der Waals surface area (Å²) in [6.45, 7) is 4.29. The number of nitrogen functional groups attached to an aromatic ring is 1. The lowest BCUT2D eigenvalue weighted by atomic mass is 10.1. The van der Waals surface area contributed by atoms with Gasteiger partial charge in [-0.3, -0.25) is 4.79 Å². The lowest BCUT2D eigenvalue weighted by Crippen LogP contribution is -2.38. The monoisotopic (exact) mass is 340 g/mol. The highest BCUT2D eigenvalue weighted by Crippen LogP contribution is 2.14. The number of anilines is 1. The molecular formula is C20H24N2O3. The van der Waals surface area contributed by atoms with Gasteiger partial charge in [-0.05, 0) is 31.5 Å². The summed E-state index contributed by atoms with van der Waals surface area (Å²) in [6, 6.07) is 16.4. The van der Waals surface area contributed by atoms with Crippen molar-refractivity contribution >= 4 is 17.6 Å². The Labute approximate surface area is 148 Å². The zero-order valence-electron chi connectivity index (χ0n) is 14.6. The van der Waals surface area contributed by atoms with E-state index in [2.05, 4.69) is 0 Å². The molecule has 2 aromatic carbocycles. The minimum absolute atomic E-state index is 0.0656. The Bertz CT molecular complexity index is 714. The molecule has 0 bridgehead atoms. The van der Waals surface area contributed by atoms with E-state index < -0.39 is 6.09 Å². The van der Waals surface area contributed by atoms with Crippen LogP contribution in [0.25, 0.3) is 0 Å². The number of rotatable bonds is 7. The molecule has 0 aliphatic heterocycles. The molecule has 0 atom stereocenters. The van der Waals surface area contributed by atoms with Crippen molar-refractivity contribution in [2.24, 2.45) is 0 Å². The van der Waals surface area contributed by atoms with E-state index in [1.54, 1.807) is 29.2 Å². The number of carbonyl (C=O) groups excluding carboxylic acids is 2. The van der Waals surface area contributed by atoms with Gasteiger partial charge in [0.1, 0.15) is 6.61 Å². The number of amides is 1. The molecular weight excluding hydrogens is 316 g/mol. The van der Waals surface area contributed by atoms with Crippen LogP contribution in [-0.4, -0.2) is 29.4 Å². The number of ketones is 1. The number of ether oxygens (including phenoxy) is 1. The van der Waals surface area contributed by atoms with Gasteiger partial charge in [0.2, 0.25) is 0 Å². The summed E-state index contributed by atoms with van der Waals surface area (Å²) in [5.74, 6) is -0.0837. The molecule has 5 nitrogen and oxygen atoms in total. The summed E-state index contributed by atoms with van der Waals surface area (Å²) in [5, 5.41) is 0. The molecule has 5 heteroatoms. The number of hydrogen-bond acceptors (Lipinski definition) is 4. The maximum Gasteiger partial charge on any atom is 0.410 e. The van der Waals surface area contributed by atoms with E-state index in [0.29, 0.717) is 17.8 Å². The smallest absolute Gasteiger partial charge is 0.410 e. The molecule has 0 aromatic heterocycles. The fourth-order valence-electron chi connectivity index (χ4n) is 2.47. The summed E-state index contributed by atoms with van der Waals surface area (Å²) >= 11 is 0. The third-order valence-corrected chi connectivity index (χ3v) is 3.90. The molecule has 0 radical (unpaired) electrons. The fraction of sp³-hybridized carbons (Fsp3) is 0.300. The quantitative estimate of drug-likeness (QED) is 0.613. The van der Waals surface area contributed by atoms with E-state index in [-0.39, 0.29) is 24.9 Å². The molecule has 0 saturated heterocycles. The molecule has 0 aliphatic rings. The van der Waals surface area contributed by atoms with E-state index >= 15 is 0 Å². The van der Waals surface area contributed by atoms with E-state index in [0.717, 1.165) is 5.56 Å². The molecule has 0 saturated carbocycles. The van der Waals surface area contributed by atoms with Gasteiger partial charge in [0.05, 0.1) is 0 Å². The van der Waals surface area contributed by atoms with Crippen LogP contribution in [0.5, 0.6) is 0 Å². The normalized spacial score (nSPS) is 10.5. The van der Waals surface area contributed by atoms with Gasteiger partial charge in [0, 0.05) is 30.3 Å². The average Bonchev–Trinajstić information content (AvgIpc) is 2.61. The van der Waals surface area contributed by atoms with Crippen LogP contribution in [0.3, 0.4) is 0 Å². The summed E-state index contributed by atoms with van der Waals surface area (Å²) in [4.78, 5) is 26.2. The molecule has 0 spiro atoms. The Morgan fingerprint density at radius 3 is 2.32 bits per heavy atom. The Morgan fingerprint density at radius 2 is 1.68 bits per heavy atom. The molecule has 25 heavy (non-hydrogen) atoms. The van der Waals surface area contributed by atoms with Gasteiger partial charge in [-0.1, -0.05) is 42.5 Å². The lowest BCUT2D eigenvalue weighted by Gasteiger charge is -2.25. The molecule has 2 N–H and O–H groups in total. The van der Waals surface area contributed by atoms with Gasteiger partial charge in [0.25, 0.3) is 0 Å². The number of carbonyl (C=O) groups is 2. The van der Waals surface area contributed by atoms with Gasteiger partial charge >= 0.3 is 6.09 Å². The third-order valence-electron chi connectivity index (χ3n) is 3.90. The Balaban J connectivity index is 1.92. The first-order valence-corrected chi connectivity index (χ1v) is 8.34. The molecule has 132 valence electrons. The maximum absolute atomic E-state index is 12.3. The lowest BCUT2D eigenvalue weighted by molar-refractivity contribution is 0.0811. The van der Waals surface area contributed by atoms with E-state index in [9.17, 15) is 9.59 Å². The van der Waals surface area contributed by atoms with Gasteiger partial charge in [0.15, 0.2) is 5.78 Å². The van der Waals surface area contributed by atoms with Crippen LogP contribution in [-0.2, 0) is 11.3 Å². The first kappa shape index (κ1) is 18.5. The summed E-state index contributed by atoms with van der Waals surface area (Å²) in [6.07, 6.45) is -0.222. The number of nitrogens with zero attached hydrogens (tertiary/aromatic N) is 1. The molecule has 1 amide bonds. The van der Waals surface area contributed by atoms with Crippen molar-refractivity contribution in [3.05, 3.63) is 65.7 Å². The molecule has 2 aromatic rings. The second-order valence-electron chi connectivity index (χ2n) is 6.09. The van der Waals surface area contributed by atoms with Crippen LogP contribution < -0.4 is 5.73 Å². The summed E-state index contributed by atoms with van der Waals surface area (Å²) in [7, 11) is 0. The molecule has 0 unspecified atom stereocenters.